The first-order valence-electron chi connectivity index (χ1n) is 4.75. The second-order valence-electron chi connectivity index (χ2n) is 3.30. The first kappa shape index (κ1) is 13.2. The lowest BCUT2D eigenvalue weighted by Crippen LogP contribution is -1.93. The van der Waals surface area contributed by atoms with Gasteiger partial charge in [-0.3, -0.25) is 14.9 Å². The van der Waals surface area contributed by atoms with Gasteiger partial charge in [0.05, 0.1) is 23.0 Å². The molecule has 0 aliphatic rings. The molecular formula is C11H8N2O5. The highest BCUT2D eigenvalue weighted by Gasteiger charge is 2.17. The van der Waals surface area contributed by atoms with Crippen molar-refractivity contribution in [3.8, 4) is 11.8 Å². The van der Waals surface area contributed by atoms with Crippen LogP contribution < -0.4 is 0 Å². The lowest BCUT2D eigenvalue weighted by atomic mass is 10.1. The Hall–Kier alpha value is -2.88. The molecule has 1 rings (SSSR count). The maximum Gasteiger partial charge on any atom is 0.312 e. The van der Waals surface area contributed by atoms with Crippen LogP contribution in [0.3, 0.4) is 0 Å². The van der Waals surface area contributed by atoms with E-state index in [9.17, 15) is 20.0 Å². The average molecular weight is 248 g/mol. The monoisotopic (exact) mass is 248 g/mol. The number of phenolic OH excluding ortho intramolecular Hbond substituents is 1. The summed E-state index contributed by atoms with van der Waals surface area (Å²) in [6.45, 7) is 0. The fourth-order valence-corrected chi connectivity index (χ4v) is 1.26. The van der Waals surface area contributed by atoms with Crippen molar-refractivity contribution in [2.24, 2.45) is 0 Å². The predicted octanol–water partition coefficient (Wildman–Crippen LogP) is 1.66. The minimum Gasteiger partial charge on any atom is -0.502 e. The van der Waals surface area contributed by atoms with Crippen molar-refractivity contribution in [3.63, 3.8) is 0 Å². The Labute approximate surface area is 101 Å². The van der Waals surface area contributed by atoms with Gasteiger partial charge >= 0.3 is 11.7 Å². The minimum absolute atomic E-state index is 0.00877. The van der Waals surface area contributed by atoms with Crippen LogP contribution in [0, 0.1) is 21.4 Å². The first-order valence-corrected chi connectivity index (χ1v) is 4.75. The molecule has 2 N–H and O–H groups in total. The van der Waals surface area contributed by atoms with Crippen LogP contribution in [0.1, 0.15) is 17.5 Å². The smallest absolute Gasteiger partial charge is 0.312 e. The summed E-state index contributed by atoms with van der Waals surface area (Å²) in [6.07, 6.45) is 2.16. The largest absolute Gasteiger partial charge is 0.502 e. The van der Waals surface area contributed by atoms with Crippen molar-refractivity contribution in [3.05, 3.63) is 39.4 Å². The second-order valence-corrected chi connectivity index (χ2v) is 3.30. The Bertz CT molecular complexity index is 572. The molecule has 1 aromatic carbocycles. The molecule has 0 bridgehead atoms. The zero-order valence-electron chi connectivity index (χ0n) is 9.03. The number of nitrogens with zero attached hydrogens (tertiary/aromatic N) is 2. The van der Waals surface area contributed by atoms with Gasteiger partial charge in [-0.15, -0.1) is 0 Å². The summed E-state index contributed by atoms with van der Waals surface area (Å²) in [5, 5.41) is 37.4. The number of carboxylic acid groups (broad SMARTS) is 1. The van der Waals surface area contributed by atoms with Crippen molar-refractivity contribution in [1.82, 2.24) is 0 Å². The molecule has 0 atom stereocenters. The van der Waals surface area contributed by atoms with Crippen LogP contribution in [0.2, 0.25) is 0 Å². The number of aromatic hydroxyl groups is 1. The van der Waals surface area contributed by atoms with E-state index >= 15 is 0 Å². The molecule has 0 spiro atoms. The summed E-state index contributed by atoms with van der Waals surface area (Å²) >= 11 is 0. The number of nitro benzene ring substituents is 1. The van der Waals surface area contributed by atoms with Crippen LogP contribution in [0.15, 0.2) is 18.2 Å². The Morgan fingerprint density at radius 3 is 2.72 bits per heavy atom. The molecule has 18 heavy (non-hydrogen) atoms. The minimum atomic E-state index is -1.07. The number of carboxylic acids is 1. The standard InChI is InChI=1S/C11H8N2O5/c12-6-7-4-8(2-1-3-10(14)15)11(16)9(5-7)13(17)18/h1-2,4-5,16H,3H2,(H,14,15). The number of phenols is 1. The first-order chi connectivity index (χ1) is 8.45. The van der Waals surface area contributed by atoms with E-state index in [2.05, 4.69) is 0 Å². The number of benzene rings is 1. The number of hydrogen-bond acceptors (Lipinski definition) is 5. The molecule has 0 radical (unpaired) electrons. The van der Waals surface area contributed by atoms with Crippen LogP contribution in [0.4, 0.5) is 5.69 Å². The molecule has 1 aromatic rings. The zero-order valence-corrected chi connectivity index (χ0v) is 9.03. The van der Waals surface area contributed by atoms with Crippen molar-refractivity contribution < 1.29 is 19.9 Å². The summed E-state index contributed by atoms with van der Waals surface area (Å²) in [7, 11) is 0. The van der Waals surface area contributed by atoms with E-state index in [-0.39, 0.29) is 17.5 Å². The average Bonchev–Trinajstić information content (AvgIpc) is 2.30. The molecule has 0 aliphatic heterocycles. The molecule has 7 heteroatoms. The summed E-state index contributed by atoms with van der Waals surface area (Å²) in [6, 6.07) is 3.91. The van der Waals surface area contributed by atoms with E-state index in [4.69, 9.17) is 10.4 Å². The van der Waals surface area contributed by atoms with E-state index in [1.807, 2.05) is 0 Å². The molecule has 0 unspecified atom stereocenters. The highest BCUT2D eigenvalue weighted by molar-refractivity contribution is 5.72. The Kier molecular flexibility index (Phi) is 3.99. The summed E-state index contributed by atoms with van der Waals surface area (Å²) in [5.74, 6) is -1.67. The van der Waals surface area contributed by atoms with Gasteiger partial charge in [0, 0.05) is 11.6 Å². The van der Waals surface area contributed by atoms with Gasteiger partial charge in [0.25, 0.3) is 0 Å². The molecule has 0 aromatic heterocycles. The quantitative estimate of drug-likeness (QED) is 0.616. The van der Waals surface area contributed by atoms with Crippen LogP contribution in [0.25, 0.3) is 6.08 Å². The van der Waals surface area contributed by atoms with Crippen molar-refractivity contribution >= 4 is 17.7 Å². The number of hydrogen-bond donors (Lipinski definition) is 2. The third kappa shape index (κ3) is 3.05. The third-order valence-corrected chi connectivity index (χ3v) is 2.03. The van der Waals surface area contributed by atoms with Gasteiger partial charge in [0.2, 0.25) is 5.75 Å². The summed E-state index contributed by atoms with van der Waals surface area (Å²) in [5.41, 5.74) is -0.555. The maximum absolute atomic E-state index is 10.6. The second kappa shape index (κ2) is 5.45. The maximum atomic E-state index is 10.6. The van der Waals surface area contributed by atoms with Gasteiger partial charge in [-0.1, -0.05) is 12.2 Å². The van der Waals surface area contributed by atoms with Gasteiger partial charge in [-0.25, -0.2) is 0 Å². The van der Waals surface area contributed by atoms with Crippen LogP contribution in [0.5, 0.6) is 5.75 Å². The van der Waals surface area contributed by atoms with E-state index in [0.717, 1.165) is 6.07 Å². The normalized spacial score (nSPS) is 10.2. The molecule has 0 fully saturated rings. The van der Waals surface area contributed by atoms with E-state index in [1.54, 1.807) is 6.07 Å². The number of rotatable bonds is 4. The number of carbonyl (C=O) groups is 1. The topological polar surface area (TPSA) is 124 Å². The fourth-order valence-electron chi connectivity index (χ4n) is 1.26. The van der Waals surface area contributed by atoms with Gasteiger partial charge in [0.1, 0.15) is 0 Å². The Morgan fingerprint density at radius 1 is 1.56 bits per heavy atom. The lowest BCUT2D eigenvalue weighted by molar-refractivity contribution is -0.385. The number of aliphatic carboxylic acids is 1. The van der Waals surface area contributed by atoms with Gasteiger partial charge in [-0.05, 0) is 6.07 Å². The molecule has 92 valence electrons. The molecule has 0 heterocycles. The predicted molar refractivity (Wildman–Crippen MR) is 60.8 cm³/mol. The highest BCUT2D eigenvalue weighted by atomic mass is 16.6. The molecular weight excluding hydrogens is 240 g/mol. The SMILES string of the molecule is N#Cc1cc(C=CCC(=O)O)c(O)c([N+](=O)[O-])c1. The van der Waals surface area contributed by atoms with Crippen molar-refractivity contribution in [2.45, 2.75) is 6.42 Å². The fraction of sp³-hybridized carbons (Fsp3) is 0.0909. The van der Waals surface area contributed by atoms with Crippen LogP contribution in [-0.4, -0.2) is 21.1 Å². The van der Waals surface area contributed by atoms with E-state index < -0.39 is 22.3 Å². The van der Waals surface area contributed by atoms with E-state index in [1.165, 1.54) is 18.2 Å². The number of nitriles is 1. The van der Waals surface area contributed by atoms with Crippen LogP contribution >= 0.6 is 0 Å². The lowest BCUT2D eigenvalue weighted by Gasteiger charge is -2.01. The molecule has 0 saturated carbocycles. The summed E-state index contributed by atoms with van der Waals surface area (Å²) in [4.78, 5) is 20.1. The van der Waals surface area contributed by atoms with Gasteiger partial charge < -0.3 is 10.2 Å². The van der Waals surface area contributed by atoms with Gasteiger partial charge in [-0.2, -0.15) is 5.26 Å². The van der Waals surface area contributed by atoms with Gasteiger partial charge in [0.15, 0.2) is 0 Å². The van der Waals surface area contributed by atoms with Crippen molar-refractivity contribution in [2.75, 3.05) is 0 Å². The summed E-state index contributed by atoms with van der Waals surface area (Å²) < 4.78 is 0. The number of nitro groups is 1. The van der Waals surface area contributed by atoms with Crippen LogP contribution in [-0.2, 0) is 4.79 Å². The molecule has 0 aliphatic carbocycles. The molecule has 0 amide bonds. The third-order valence-electron chi connectivity index (χ3n) is 2.03. The highest BCUT2D eigenvalue weighted by Crippen LogP contribution is 2.32. The zero-order chi connectivity index (χ0) is 13.7. The molecule has 0 saturated heterocycles. The van der Waals surface area contributed by atoms with Crippen molar-refractivity contribution in [1.29, 1.82) is 5.26 Å². The Morgan fingerprint density at radius 2 is 2.22 bits per heavy atom. The molecule has 7 nitrogen and oxygen atoms in total. The Balaban J connectivity index is 3.23. The van der Waals surface area contributed by atoms with E-state index in [0.29, 0.717) is 0 Å².